The second kappa shape index (κ2) is 7.14. The normalized spacial score (nSPS) is 14.8. The number of fused-ring (bicyclic) bond motifs is 2. The van der Waals surface area contributed by atoms with Crippen LogP contribution in [0.5, 0.6) is 5.75 Å². The summed E-state index contributed by atoms with van der Waals surface area (Å²) in [6, 6.07) is 7.31. The molecule has 0 bridgehead atoms. The van der Waals surface area contributed by atoms with Gasteiger partial charge in [0.25, 0.3) is 5.56 Å². The predicted molar refractivity (Wildman–Crippen MR) is 98.5 cm³/mol. The third-order valence-corrected chi connectivity index (χ3v) is 5.45. The zero-order valence-corrected chi connectivity index (χ0v) is 15.3. The van der Waals surface area contributed by atoms with Crippen molar-refractivity contribution < 1.29 is 9.84 Å². The Bertz CT molecular complexity index is 998. The van der Waals surface area contributed by atoms with E-state index in [1.165, 1.54) is 15.9 Å². The zero-order chi connectivity index (χ0) is 18.1. The summed E-state index contributed by atoms with van der Waals surface area (Å²) in [7, 11) is 0. The number of ether oxygens (including phenoxy) is 1. The Kier molecular flexibility index (Phi) is 4.71. The van der Waals surface area contributed by atoms with Crippen LogP contribution in [0, 0.1) is 0 Å². The molecule has 0 amide bonds. The minimum atomic E-state index is -0.144. The quantitative estimate of drug-likeness (QED) is 0.749. The van der Waals surface area contributed by atoms with E-state index in [1.807, 2.05) is 25.1 Å². The molecule has 0 radical (unpaired) electrons. The molecular formula is C18H20N4O3S. The van der Waals surface area contributed by atoms with Gasteiger partial charge in [-0.05, 0) is 24.1 Å². The minimum Gasteiger partial charge on any atom is -0.492 e. The lowest BCUT2D eigenvalue weighted by molar-refractivity contribution is 0.218. The second-order valence-electron chi connectivity index (χ2n) is 6.29. The van der Waals surface area contributed by atoms with Crippen molar-refractivity contribution in [3.05, 3.63) is 56.4 Å². The van der Waals surface area contributed by atoms with E-state index in [0.29, 0.717) is 24.7 Å². The van der Waals surface area contributed by atoms with Crippen molar-refractivity contribution >= 4 is 16.3 Å². The molecule has 8 heteroatoms. The molecule has 3 heterocycles. The number of aromatic nitrogens is 3. The van der Waals surface area contributed by atoms with Crippen molar-refractivity contribution in [2.45, 2.75) is 33.0 Å². The fourth-order valence-electron chi connectivity index (χ4n) is 3.08. The molecule has 1 aromatic carbocycles. The number of hydrogen-bond donors (Lipinski definition) is 1. The number of hydrogen-bond acceptors (Lipinski definition) is 7. The molecule has 2 aromatic heterocycles. The van der Waals surface area contributed by atoms with Gasteiger partial charge in [-0.15, -0.1) is 0 Å². The van der Waals surface area contributed by atoms with E-state index < -0.39 is 0 Å². The van der Waals surface area contributed by atoms with Gasteiger partial charge < -0.3 is 9.84 Å². The molecular weight excluding hydrogens is 352 g/mol. The molecule has 7 nitrogen and oxygen atoms in total. The maximum Gasteiger partial charge on any atom is 0.275 e. The van der Waals surface area contributed by atoms with Crippen LogP contribution in [0.1, 0.15) is 28.8 Å². The average Bonchev–Trinajstić information content (AvgIpc) is 2.96. The standard InChI is InChI=1S/C18H20N4O3S/c1-2-16-20-22-17(24)8-14(19-18(22)26-16)10-21-5-6-25-15-4-3-12(11-23)7-13(15)9-21/h3-4,7-8,23H,2,5-6,9-11H2,1H3. The first-order chi connectivity index (χ1) is 12.7. The molecule has 0 unspecified atom stereocenters. The maximum absolute atomic E-state index is 12.3. The fourth-order valence-corrected chi connectivity index (χ4v) is 3.94. The molecule has 0 spiro atoms. The maximum atomic E-state index is 12.3. The van der Waals surface area contributed by atoms with Crippen molar-refractivity contribution in [3.63, 3.8) is 0 Å². The highest BCUT2D eigenvalue weighted by atomic mass is 32.1. The van der Waals surface area contributed by atoms with Gasteiger partial charge in [-0.1, -0.05) is 24.3 Å². The lowest BCUT2D eigenvalue weighted by Crippen LogP contribution is -2.27. The van der Waals surface area contributed by atoms with E-state index in [4.69, 9.17) is 4.74 Å². The largest absolute Gasteiger partial charge is 0.492 e. The van der Waals surface area contributed by atoms with E-state index in [2.05, 4.69) is 15.0 Å². The van der Waals surface area contributed by atoms with E-state index in [-0.39, 0.29) is 12.2 Å². The van der Waals surface area contributed by atoms with Crippen molar-refractivity contribution in [1.29, 1.82) is 0 Å². The zero-order valence-electron chi connectivity index (χ0n) is 14.5. The van der Waals surface area contributed by atoms with Crippen LogP contribution >= 0.6 is 11.3 Å². The first-order valence-corrected chi connectivity index (χ1v) is 9.44. The molecule has 0 fully saturated rings. The first kappa shape index (κ1) is 17.1. The van der Waals surface area contributed by atoms with Gasteiger partial charge in [0.15, 0.2) is 0 Å². The Morgan fingerprint density at radius 2 is 2.23 bits per heavy atom. The van der Waals surface area contributed by atoms with E-state index in [9.17, 15) is 9.90 Å². The summed E-state index contributed by atoms with van der Waals surface area (Å²) in [6.07, 6.45) is 0.788. The third-order valence-electron chi connectivity index (χ3n) is 4.39. The van der Waals surface area contributed by atoms with Gasteiger partial charge in [0.2, 0.25) is 4.96 Å². The van der Waals surface area contributed by atoms with Gasteiger partial charge in [-0.2, -0.15) is 9.61 Å². The molecule has 0 aliphatic carbocycles. The Balaban J connectivity index is 1.60. The SMILES string of the molecule is CCc1nn2c(=O)cc(CN3CCOc4ccc(CO)cc4C3)nc2s1. The monoisotopic (exact) mass is 372 g/mol. The van der Waals surface area contributed by atoms with Gasteiger partial charge >= 0.3 is 0 Å². The van der Waals surface area contributed by atoms with Crippen LogP contribution in [0.4, 0.5) is 0 Å². The summed E-state index contributed by atoms with van der Waals surface area (Å²) in [4.78, 5) is 19.8. The number of aliphatic hydroxyl groups excluding tert-OH is 1. The van der Waals surface area contributed by atoms with Crippen LogP contribution in [0.25, 0.3) is 4.96 Å². The minimum absolute atomic E-state index is 0.00735. The number of aryl methyl sites for hydroxylation is 1. The average molecular weight is 372 g/mol. The Morgan fingerprint density at radius 1 is 1.35 bits per heavy atom. The van der Waals surface area contributed by atoms with Crippen molar-refractivity contribution in [3.8, 4) is 5.75 Å². The van der Waals surface area contributed by atoms with Crippen LogP contribution in [-0.2, 0) is 26.1 Å². The van der Waals surface area contributed by atoms with Crippen LogP contribution in [-0.4, -0.2) is 37.8 Å². The highest BCUT2D eigenvalue weighted by Crippen LogP contribution is 2.25. The number of aliphatic hydroxyl groups is 1. The van der Waals surface area contributed by atoms with Crippen molar-refractivity contribution in [2.75, 3.05) is 13.2 Å². The Morgan fingerprint density at radius 3 is 3.04 bits per heavy atom. The van der Waals surface area contributed by atoms with Crippen LogP contribution in [0.15, 0.2) is 29.1 Å². The van der Waals surface area contributed by atoms with E-state index in [1.54, 1.807) is 6.07 Å². The molecule has 1 aliphatic rings. The summed E-state index contributed by atoms with van der Waals surface area (Å²) in [6.45, 7) is 4.59. The Hall–Kier alpha value is -2.29. The number of nitrogens with zero attached hydrogens (tertiary/aromatic N) is 4. The molecule has 136 valence electrons. The van der Waals surface area contributed by atoms with Gasteiger partial charge in [-0.25, -0.2) is 4.98 Å². The lowest BCUT2D eigenvalue weighted by atomic mass is 10.1. The summed E-state index contributed by atoms with van der Waals surface area (Å²) in [5.74, 6) is 0.850. The van der Waals surface area contributed by atoms with Gasteiger partial charge in [0, 0.05) is 31.3 Å². The Labute approximate surface area is 154 Å². The highest BCUT2D eigenvalue weighted by molar-refractivity contribution is 7.16. The number of benzene rings is 1. The van der Waals surface area contributed by atoms with Gasteiger partial charge in [0.1, 0.15) is 17.4 Å². The smallest absolute Gasteiger partial charge is 0.275 e. The van der Waals surface area contributed by atoms with Crippen LogP contribution < -0.4 is 10.3 Å². The summed E-state index contributed by atoms with van der Waals surface area (Å²) < 4.78 is 7.19. The molecule has 3 aromatic rings. The summed E-state index contributed by atoms with van der Waals surface area (Å²) in [5.41, 5.74) is 2.50. The van der Waals surface area contributed by atoms with Gasteiger partial charge in [0.05, 0.1) is 12.3 Å². The van der Waals surface area contributed by atoms with Crippen LogP contribution in [0.3, 0.4) is 0 Å². The molecule has 0 saturated carbocycles. The van der Waals surface area contributed by atoms with E-state index in [0.717, 1.165) is 40.5 Å². The van der Waals surface area contributed by atoms with Gasteiger partial charge in [-0.3, -0.25) is 9.69 Å². The predicted octanol–water partition coefficient (Wildman–Crippen LogP) is 1.60. The topological polar surface area (TPSA) is 80.0 Å². The summed E-state index contributed by atoms with van der Waals surface area (Å²) in [5, 5.41) is 14.5. The molecule has 4 rings (SSSR count). The summed E-state index contributed by atoms with van der Waals surface area (Å²) >= 11 is 1.45. The third kappa shape index (κ3) is 3.35. The van der Waals surface area contributed by atoms with Crippen molar-refractivity contribution in [1.82, 2.24) is 19.5 Å². The molecule has 1 aliphatic heterocycles. The molecule has 26 heavy (non-hydrogen) atoms. The number of rotatable bonds is 4. The van der Waals surface area contributed by atoms with Crippen molar-refractivity contribution in [2.24, 2.45) is 0 Å². The lowest BCUT2D eigenvalue weighted by Gasteiger charge is -2.18. The molecule has 0 saturated heterocycles. The fraction of sp³-hybridized carbons (Fsp3) is 0.389. The second-order valence-corrected chi connectivity index (χ2v) is 7.33. The molecule has 0 atom stereocenters. The van der Waals surface area contributed by atoms with E-state index >= 15 is 0 Å². The first-order valence-electron chi connectivity index (χ1n) is 8.62. The van der Waals surface area contributed by atoms with Crippen LogP contribution in [0.2, 0.25) is 0 Å². The molecule has 1 N–H and O–H groups in total. The highest BCUT2D eigenvalue weighted by Gasteiger charge is 2.17.